The monoisotopic (exact) mass is 455 g/mol. The average Bonchev–Trinajstić information content (AvgIpc) is 3.17. The van der Waals surface area contributed by atoms with Crippen molar-refractivity contribution in [3.8, 4) is 5.75 Å². The molecular formula is C25H27F2N3O3. The molecule has 0 spiro atoms. The van der Waals surface area contributed by atoms with Gasteiger partial charge in [0.1, 0.15) is 18.1 Å². The van der Waals surface area contributed by atoms with Gasteiger partial charge < -0.3 is 14.2 Å². The Hall–Kier alpha value is -3.26. The molecule has 0 bridgehead atoms. The molecule has 0 N–H and O–H groups in total. The molecule has 2 aromatic carbocycles. The first kappa shape index (κ1) is 22.9. The highest BCUT2D eigenvalue weighted by molar-refractivity contribution is 5.93. The van der Waals surface area contributed by atoms with Crippen LogP contribution in [0.3, 0.4) is 0 Å². The van der Waals surface area contributed by atoms with Gasteiger partial charge in [0, 0.05) is 38.3 Å². The van der Waals surface area contributed by atoms with E-state index in [1.807, 2.05) is 36.9 Å². The maximum atomic E-state index is 14.0. The number of piperazine rings is 1. The van der Waals surface area contributed by atoms with Crippen LogP contribution >= 0.6 is 0 Å². The van der Waals surface area contributed by atoms with Crippen LogP contribution in [0.15, 0.2) is 40.9 Å². The third-order valence-electron chi connectivity index (χ3n) is 5.99. The number of ether oxygens (including phenoxy) is 1. The van der Waals surface area contributed by atoms with Gasteiger partial charge in [-0.05, 0) is 44.0 Å². The first-order chi connectivity index (χ1) is 15.8. The first-order valence-corrected chi connectivity index (χ1v) is 10.9. The molecule has 1 fully saturated rings. The van der Waals surface area contributed by atoms with Crippen molar-refractivity contribution in [3.05, 3.63) is 81.7 Å². The molecule has 6 nitrogen and oxygen atoms in total. The Morgan fingerprint density at radius 3 is 2.61 bits per heavy atom. The fraction of sp³-hybridized carbons (Fsp3) is 0.360. The van der Waals surface area contributed by atoms with Crippen LogP contribution in [0.4, 0.5) is 8.78 Å². The molecule has 33 heavy (non-hydrogen) atoms. The van der Waals surface area contributed by atoms with Crippen molar-refractivity contribution < 1.29 is 22.8 Å². The van der Waals surface area contributed by atoms with Crippen LogP contribution in [-0.4, -0.2) is 47.0 Å². The second kappa shape index (κ2) is 9.70. The molecule has 1 aromatic heterocycles. The fourth-order valence-corrected chi connectivity index (χ4v) is 3.91. The molecule has 8 heteroatoms. The SMILES string of the molecule is Cc1ccc(C)c(OCc2c(C(=O)N3CCN(Cc4cccc(F)c4F)CC3)noc2C)c1. The van der Waals surface area contributed by atoms with Crippen LogP contribution in [0, 0.1) is 32.4 Å². The molecule has 174 valence electrons. The summed E-state index contributed by atoms with van der Waals surface area (Å²) in [5, 5.41) is 4.00. The summed E-state index contributed by atoms with van der Waals surface area (Å²) in [7, 11) is 0. The Labute approximate surface area is 191 Å². The number of hydrogen-bond acceptors (Lipinski definition) is 5. The van der Waals surface area contributed by atoms with Crippen molar-refractivity contribution in [1.29, 1.82) is 0 Å². The van der Waals surface area contributed by atoms with E-state index in [-0.39, 0.29) is 18.2 Å². The highest BCUT2D eigenvalue weighted by Gasteiger charge is 2.28. The largest absolute Gasteiger partial charge is 0.488 e. The topological polar surface area (TPSA) is 58.8 Å². The lowest BCUT2D eigenvalue weighted by Gasteiger charge is -2.34. The Kier molecular flexibility index (Phi) is 6.74. The number of carbonyl (C=O) groups excluding carboxylic acids is 1. The highest BCUT2D eigenvalue weighted by atomic mass is 19.2. The van der Waals surface area contributed by atoms with Crippen LogP contribution in [0.2, 0.25) is 0 Å². The molecule has 0 aliphatic carbocycles. The van der Waals surface area contributed by atoms with E-state index >= 15 is 0 Å². The zero-order valence-corrected chi connectivity index (χ0v) is 19.0. The second-order valence-electron chi connectivity index (χ2n) is 8.40. The van der Waals surface area contributed by atoms with E-state index in [4.69, 9.17) is 9.26 Å². The van der Waals surface area contributed by atoms with E-state index in [0.29, 0.717) is 49.6 Å². The lowest BCUT2D eigenvalue weighted by molar-refractivity contribution is 0.0614. The predicted octanol–water partition coefficient (Wildman–Crippen LogP) is 4.42. The minimum Gasteiger partial charge on any atom is -0.488 e. The minimum atomic E-state index is -0.849. The van der Waals surface area contributed by atoms with Gasteiger partial charge in [0.25, 0.3) is 5.91 Å². The van der Waals surface area contributed by atoms with E-state index < -0.39 is 11.6 Å². The van der Waals surface area contributed by atoms with Crippen molar-refractivity contribution in [2.75, 3.05) is 26.2 Å². The van der Waals surface area contributed by atoms with Gasteiger partial charge in [0.05, 0.1) is 5.56 Å². The molecule has 0 saturated carbocycles. The minimum absolute atomic E-state index is 0.180. The average molecular weight is 456 g/mol. The number of hydrogen-bond donors (Lipinski definition) is 0. The zero-order valence-electron chi connectivity index (χ0n) is 19.0. The number of benzene rings is 2. The van der Waals surface area contributed by atoms with Gasteiger partial charge in [0.2, 0.25) is 0 Å². The van der Waals surface area contributed by atoms with Gasteiger partial charge in [0.15, 0.2) is 17.3 Å². The Morgan fingerprint density at radius 1 is 1.09 bits per heavy atom. The number of aromatic nitrogens is 1. The molecule has 0 radical (unpaired) electrons. The molecule has 1 aliphatic rings. The number of nitrogens with zero attached hydrogens (tertiary/aromatic N) is 3. The van der Waals surface area contributed by atoms with Gasteiger partial charge in [-0.3, -0.25) is 9.69 Å². The number of rotatable bonds is 6. The summed E-state index contributed by atoms with van der Waals surface area (Å²) in [6.45, 7) is 8.21. The van der Waals surface area contributed by atoms with Crippen molar-refractivity contribution >= 4 is 5.91 Å². The van der Waals surface area contributed by atoms with Crippen molar-refractivity contribution in [2.24, 2.45) is 0 Å². The molecule has 1 aliphatic heterocycles. The van der Waals surface area contributed by atoms with E-state index in [9.17, 15) is 13.6 Å². The maximum Gasteiger partial charge on any atom is 0.276 e. The van der Waals surface area contributed by atoms with Gasteiger partial charge >= 0.3 is 0 Å². The lowest BCUT2D eigenvalue weighted by Crippen LogP contribution is -2.48. The molecule has 0 unspecified atom stereocenters. The number of amides is 1. The Balaban J connectivity index is 1.39. The Bertz CT molecular complexity index is 1150. The third kappa shape index (κ3) is 5.06. The van der Waals surface area contributed by atoms with E-state index in [0.717, 1.165) is 22.9 Å². The number of carbonyl (C=O) groups is 1. The lowest BCUT2D eigenvalue weighted by atomic mass is 10.1. The van der Waals surface area contributed by atoms with Crippen molar-refractivity contribution in [1.82, 2.24) is 15.0 Å². The second-order valence-corrected chi connectivity index (χ2v) is 8.40. The summed E-state index contributed by atoms with van der Waals surface area (Å²) >= 11 is 0. The quantitative estimate of drug-likeness (QED) is 0.551. The molecular weight excluding hydrogens is 428 g/mol. The van der Waals surface area contributed by atoms with Crippen LogP contribution in [0.25, 0.3) is 0 Å². The van der Waals surface area contributed by atoms with Crippen LogP contribution in [0.1, 0.15) is 38.5 Å². The zero-order chi connectivity index (χ0) is 23.5. The Morgan fingerprint density at radius 2 is 1.85 bits per heavy atom. The number of aryl methyl sites for hydroxylation is 3. The predicted molar refractivity (Wildman–Crippen MR) is 119 cm³/mol. The molecule has 2 heterocycles. The summed E-state index contributed by atoms with van der Waals surface area (Å²) < 4.78 is 38.7. The maximum absolute atomic E-state index is 14.0. The third-order valence-corrected chi connectivity index (χ3v) is 5.99. The van der Waals surface area contributed by atoms with E-state index in [1.165, 1.54) is 6.07 Å². The molecule has 4 rings (SSSR count). The van der Waals surface area contributed by atoms with Gasteiger partial charge in [-0.15, -0.1) is 0 Å². The van der Waals surface area contributed by atoms with Crippen LogP contribution in [0.5, 0.6) is 5.75 Å². The normalized spacial score (nSPS) is 14.5. The summed E-state index contributed by atoms with van der Waals surface area (Å²) in [5.74, 6) is -0.583. The summed E-state index contributed by atoms with van der Waals surface area (Å²) in [6, 6.07) is 10.2. The molecule has 3 aromatic rings. The van der Waals surface area contributed by atoms with Gasteiger partial charge in [-0.25, -0.2) is 8.78 Å². The fourth-order valence-electron chi connectivity index (χ4n) is 3.91. The van der Waals surface area contributed by atoms with Gasteiger partial charge in [-0.2, -0.15) is 0 Å². The highest BCUT2D eigenvalue weighted by Crippen LogP contribution is 2.24. The van der Waals surface area contributed by atoms with Crippen molar-refractivity contribution in [2.45, 2.75) is 33.9 Å². The van der Waals surface area contributed by atoms with E-state index in [1.54, 1.807) is 17.9 Å². The number of halogens is 2. The van der Waals surface area contributed by atoms with E-state index in [2.05, 4.69) is 5.16 Å². The molecule has 1 amide bonds. The standard InChI is InChI=1S/C25H27F2N3O3/c1-16-7-8-17(2)22(13-16)32-15-20-18(3)33-28-24(20)25(31)30-11-9-29(10-12-30)14-19-5-4-6-21(26)23(19)27/h4-8,13H,9-12,14-15H2,1-3H3. The summed E-state index contributed by atoms with van der Waals surface area (Å²) in [6.07, 6.45) is 0. The first-order valence-electron chi connectivity index (χ1n) is 10.9. The summed E-state index contributed by atoms with van der Waals surface area (Å²) in [5.41, 5.74) is 3.29. The van der Waals surface area contributed by atoms with Crippen LogP contribution < -0.4 is 4.74 Å². The molecule has 1 saturated heterocycles. The smallest absolute Gasteiger partial charge is 0.276 e. The van der Waals surface area contributed by atoms with Crippen LogP contribution in [-0.2, 0) is 13.2 Å². The molecule has 0 atom stereocenters. The van der Waals surface area contributed by atoms with Crippen molar-refractivity contribution in [3.63, 3.8) is 0 Å². The van der Waals surface area contributed by atoms with Gasteiger partial charge in [-0.1, -0.05) is 29.4 Å². The summed E-state index contributed by atoms with van der Waals surface area (Å²) in [4.78, 5) is 16.9.